The number of fused-ring (bicyclic) bond motifs is 1. The van der Waals surface area contributed by atoms with Gasteiger partial charge in [0, 0.05) is 17.5 Å². The van der Waals surface area contributed by atoms with E-state index in [0.29, 0.717) is 17.3 Å². The maximum Gasteiger partial charge on any atom is 0.231 e. The topological polar surface area (TPSA) is 44.5 Å². The molecule has 17 heavy (non-hydrogen) atoms. The highest BCUT2D eigenvalue weighted by Gasteiger charge is 2.39. The molecule has 4 heteroatoms. The van der Waals surface area contributed by atoms with Crippen LogP contribution in [0.3, 0.4) is 0 Å². The molecule has 0 unspecified atom stereocenters. The van der Waals surface area contributed by atoms with Crippen molar-refractivity contribution in [3.63, 3.8) is 0 Å². The molecule has 1 fully saturated rings. The van der Waals surface area contributed by atoms with Gasteiger partial charge in [0.25, 0.3) is 0 Å². The van der Waals surface area contributed by atoms with Crippen molar-refractivity contribution < 1.29 is 9.47 Å². The normalized spacial score (nSPS) is 20.8. The summed E-state index contributed by atoms with van der Waals surface area (Å²) in [5, 5.41) is 0.617. The van der Waals surface area contributed by atoms with E-state index in [2.05, 4.69) is 0 Å². The molecule has 1 aromatic rings. The highest BCUT2D eigenvalue weighted by molar-refractivity contribution is 6.32. The van der Waals surface area contributed by atoms with Crippen molar-refractivity contribution in [2.75, 3.05) is 13.3 Å². The molecule has 0 saturated heterocycles. The largest absolute Gasteiger partial charge is 0.453 e. The van der Waals surface area contributed by atoms with Gasteiger partial charge in [-0.05, 0) is 18.9 Å². The second-order valence-electron chi connectivity index (χ2n) is 4.85. The van der Waals surface area contributed by atoms with Crippen LogP contribution in [0.4, 0.5) is 0 Å². The van der Waals surface area contributed by atoms with Crippen LogP contribution in [0.1, 0.15) is 31.2 Å². The summed E-state index contributed by atoms with van der Waals surface area (Å²) in [7, 11) is 0. The van der Waals surface area contributed by atoms with Gasteiger partial charge in [-0.1, -0.05) is 30.5 Å². The summed E-state index contributed by atoms with van der Waals surface area (Å²) in [5.74, 6) is 1.49. The van der Waals surface area contributed by atoms with E-state index in [-0.39, 0.29) is 12.2 Å². The smallest absolute Gasteiger partial charge is 0.231 e. The van der Waals surface area contributed by atoms with E-state index in [4.69, 9.17) is 26.8 Å². The fourth-order valence-electron chi connectivity index (χ4n) is 3.02. The standard InChI is InChI=1S/C13H16ClNO2/c14-10-4-3-9(11-12(10)17-8-16-11)13(7-15)5-1-2-6-13/h3-4H,1-2,5-8,15H2. The maximum atomic E-state index is 6.10. The molecule has 1 aliphatic heterocycles. The molecule has 1 saturated carbocycles. The van der Waals surface area contributed by atoms with Gasteiger partial charge in [-0.2, -0.15) is 0 Å². The first kappa shape index (κ1) is 11.2. The number of halogens is 1. The van der Waals surface area contributed by atoms with Gasteiger partial charge in [0.05, 0.1) is 5.02 Å². The van der Waals surface area contributed by atoms with E-state index in [9.17, 15) is 0 Å². The zero-order chi connectivity index (χ0) is 11.9. The molecule has 3 rings (SSSR count). The molecule has 1 aromatic carbocycles. The first-order valence-corrected chi connectivity index (χ1v) is 6.43. The number of hydrogen-bond acceptors (Lipinski definition) is 3. The summed E-state index contributed by atoms with van der Waals surface area (Å²) in [5.41, 5.74) is 7.24. The lowest BCUT2D eigenvalue weighted by molar-refractivity contribution is 0.172. The summed E-state index contributed by atoms with van der Waals surface area (Å²) in [6.07, 6.45) is 4.72. The van der Waals surface area contributed by atoms with Gasteiger partial charge in [0.2, 0.25) is 6.79 Å². The summed E-state index contributed by atoms with van der Waals surface area (Å²) in [6.45, 7) is 0.914. The van der Waals surface area contributed by atoms with Crippen LogP contribution in [0.25, 0.3) is 0 Å². The second kappa shape index (κ2) is 4.07. The van der Waals surface area contributed by atoms with Crippen molar-refractivity contribution in [3.8, 4) is 11.5 Å². The Kier molecular flexibility index (Phi) is 2.68. The van der Waals surface area contributed by atoms with Crippen LogP contribution < -0.4 is 15.2 Å². The van der Waals surface area contributed by atoms with E-state index in [1.807, 2.05) is 12.1 Å². The van der Waals surface area contributed by atoms with Gasteiger partial charge in [-0.15, -0.1) is 0 Å². The lowest BCUT2D eigenvalue weighted by Gasteiger charge is -2.28. The Labute approximate surface area is 106 Å². The lowest BCUT2D eigenvalue weighted by Crippen LogP contribution is -2.32. The molecule has 3 nitrogen and oxygen atoms in total. The average Bonchev–Trinajstić information content (AvgIpc) is 2.99. The summed E-state index contributed by atoms with van der Waals surface area (Å²) < 4.78 is 11.0. The van der Waals surface area contributed by atoms with E-state index >= 15 is 0 Å². The van der Waals surface area contributed by atoms with Crippen molar-refractivity contribution in [2.45, 2.75) is 31.1 Å². The van der Waals surface area contributed by atoms with Crippen molar-refractivity contribution >= 4 is 11.6 Å². The van der Waals surface area contributed by atoms with Crippen LogP contribution in [0, 0.1) is 0 Å². The predicted molar refractivity (Wildman–Crippen MR) is 66.8 cm³/mol. The maximum absolute atomic E-state index is 6.10. The minimum atomic E-state index is 0.0579. The molecule has 1 aliphatic carbocycles. The molecule has 0 bridgehead atoms. The third-order valence-corrected chi connectivity index (χ3v) is 4.29. The van der Waals surface area contributed by atoms with E-state index < -0.39 is 0 Å². The number of ether oxygens (including phenoxy) is 2. The number of nitrogens with two attached hydrogens (primary N) is 1. The monoisotopic (exact) mass is 253 g/mol. The summed E-state index contributed by atoms with van der Waals surface area (Å²) in [6, 6.07) is 3.94. The SMILES string of the molecule is NCC1(c2ccc(Cl)c3c2OCO3)CCCC1. The first-order chi connectivity index (χ1) is 8.27. The Morgan fingerprint density at radius 1 is 1.18 bits per heavy atom. The van der Waals surface area contributed by atoms with Crippen molar-refractivity contribution in [3.05, 3.63) is 22.7 Å². The third-order valence-electron chi connectivity index (χ3n) is 3.99. The second-order valence-corrected chi connectivity index (χ2v) is 5.26. The van der Waals surface area contributed by atoms with Crippen LogP contribution in [-0.4, -0.2) is 13.3 Å². The Hall–Kier alpha value is -0.930. The van der Waals surface area contributed by atoms with Gasteiger partial charge in [0.1, 0.15) is 0 Å². The molecule has 0 aromatic heterocycles. The third kappa shape index (κ3) is 1.60. The van der Waals surface area contributed by atoms with Gasteiger partial charge >= 0.3 is 0 Å². The zero-order valence-corrected chi connectivity index (χ0v) is 10.4. The molecule has 0 amide bonds. The summed E-state index contributed by atoms with van der Waals surface area (Å²) >= 11 is 6.10. The van der Waals surface area contributed by atoms with Crippen LogP contribution in [0.15, 0.2) is 12.1 Å². The number of hydrogen-bond donors (Lipinski definition) is 1. The molecule has 2 N–H and O–H groups in total. The van der Waals surface area contributed by atoms with E-state index in [0.717, 1.165) is 18.6 Å². The Bertz CT molecular complexity index is 441. The van der Waals surface area contributed by atoms with Gasteiger partial charge < -0.3 is 15.2 Å². The molecule has 0 spiro atoms. The van der Waals surface area contributed by atoms with E-state index in [1.54, 1.807) is 0 Å². The van der Waals surface area contributed by atoms with Crippen molar-refractivity contribution in [2.24, 2.45) is 5.73 Å². The zero-order valence-electron chi connectivity index (χ0n) is 9.67. The Morgan fingerprint density at radius 3 is 2.59 bits per heavy atom. The molecule has 92 valence electrons. The van der Waals surface area contributed by atoms with Crippen LogP contribution in [-0.2, 0) is 5.41 Å². The number of rotatable bonds is 2. The molecule has 0 atom stereocenters. The first-order valence-electron chi connectivity index (χ1n) is 6.05. The van der Waals surface area contributed by atoms with Gasteiger partial charge in [-0.3, -0.25) is 0 Å². The van der Waals surface area contributed by atoms with Crippen LogP contribution in [0.2, 0.25) is 5.02 Å². The molecule has 0 radical (unpaired) electrons. The lowest BCUT2D eigenvalue weighted by atomic mass is 9.78. The van der Waals surface area contributed by atoms with Gasteiger partial charge in [-0.25, -0.2) is 0 Å². The molecular weight excluding hydrogens is 238 g/mol. The van der Waals surface area contributed by atoms with Gasteiger partial charge in [0.15, 0.2) is 11.5 Å². The van der Waals surface area contributed by atoms with Crippen LogP contribution >= 0.6 is 11.6 Å². The fraction of sp³-hybridized carbons (Fsp3) is 0.538. The average molecular weight is 254 g/mol. The number of benzene rings is 1. The van der Waals surface area contributed by atoms with Crippen LogP contribution in [0.5, 0.6) is 11.5 Å². The van der Waals surface area contributed by atoms with E-state index in [1.165, 1.54) is 18.4 Å². The van der Waals surface area contributed by atoms with Crippen molar-refractivity contribution in [1.29, 1.82) is 0 Å². The Balaban J connectivity index is 2.12. The molecule has 1 heterocycles. The minimum Gasteiger partial charge on any atom is -0.453 e. The highest BCUT2D eigenvalue weighted by atomic mass is 35.5. The molecule has 2 aliphatic rings. The highest BCUT2D eigenvalue weighted by Crippen LogP contribution is 2.50. The summed E-state index contributed by atoms with van der Waals surface area (Å²) in [4.78, 5) is 0. The molecular formula is C13H16ClNO2. The fourth-order valence-corrected chi connectivity index (χ4v) is 3.22. The predicted octanol–water partition coefficient (Wildman–Crippen LogP) is 2.84. The quantitative estimate of drug-likeness (QED) is 0.882. The minimum absolute atomic E-state index is 0.0579. The van der Waals surface area contributed by atoms with Crippen molar-refractivity contribution in [1.82, 2.24) is 0 Å². The Morgan fingerprint density at radius 2 is 1.88 bits per heavy atom.